The number of nitrogens with zero attached hydrogens (tertiary/aromatic N) is 2. The van der Waals surface area contributed by atoms with E-state index in [-0.39, 0.29) is 0 Å². The van der Waals surface area contributed by atoms with Crippen LogP contribution in [-0.2, 0) is 6.42 Å². The van der Waals surface area contributed by atoms with E-state index in [9.17, 15) is 0 Å². The lowest BCUT2D eigenvalue weighted by atomic mass is 10.3. The third kappa shape index (κ3) is 3.39. The Balaban J connectivity index is 1.95. The van der Waals surface area contributed by atoms with Gasteiger partial charge in [-0.25, -0.2) is 4.98 Å². The first-order valence-corrected chi connectivity index (χ1v) is 8.08. The van der Waals surface area contributed by atoms with Crippen LogP contribution in [0.4, 0.5) is 0 Å². The SMILES string of the molecule is CC1SCC(c2n[nH]c(CCCN)n2)SC1C. The van der Waals surface area contributed by atoms with Crippen LogP contribution >= 0.6 is 23.5 Å². The van der Waals surface area contributed by atoms with E-state index in [1.807, 2.05) is 23.5 Å². The van der Waals surface area contributed by atoms with E-state index in [1.54, 1.807) is 0 Å². The lowest BCUT2D eigenvalue weighted by Gasteiger charge is -2.29. The van der Waals surface area contributed by atoms with Gasteiger partial charge in [0.05, 0.1) is 5.25 Å². The van der Waals surface area contributed by atoms with Crippen LogP contribution in [0.3, 0.4) is 0 Å². The highest BCUT2D eigenvalue weighted by Gasteiger charge is 2.29. The molecular weight excluding hydrogens is 252 g/mol. The Morgan fingerprint density at radius 2 is 2.24 bits per heavy atom. The zero-order valence-electron chi connectivity index (χ0n) is 10.3. The van der Waals surface area contributed by atoms with Gasteiger partial charge in [0.25, 0.3) is 0 Å². The lowest BCUT2D eigenvalue weighted by Crippen LogP contribution is -2.22. The highest BCUT2D eigenvalue weighted by Crippen LogP contribution is 2.43. The summed E-state index contributed by atoms with van der Waals surface area (Å²) in [6.07, 6.45) is 1.87. The molecule has 1 fully saturated rings. The minimum Gasteiger partial charge on any atom is -0.330 e. The topological polar surface area (TPSA) is 67.6 Å². The quantitative estimate of drug-likeness (QED) is 0.877. The van der Waals surface area contributed by atoms with Gasteiger partial charge in [0.15, 0.2) is 5.82 Å². The van der Waals surface area contributed by atoms with Gasteiger partial charge >= 0.3 is 0 Å². The van der Waals surface area contributed by atoms with Gasteiger partial charge in [-0.3, -0.25) is 5.10 Å². The van der Waals surface area contributed by atoms with Crippen LogP contribution in [-0.4, -0.2) is 38.0 Å². The maximum absolute atomic E-state index is 5.49. The number of aromatic amines is 1. The van der Waals surface area contributed by atoms with E-state index in [0.717, 1.165) is 35.5 Å². The predicted octanol–water partition coefficient (Wildman–Crippen LogP) is 1.99. The van der Waals surface area contributed by atoms with Crippen LogP contribution < -0.4 is 5.73 Å². The smallest absolute Gasteiger partial charge is 0.164 e. The molecule has 2 heterocycles. The van der Waals surface area contributed by atoms with E-state index in [1.165, 1.54) is 0 Å². The first kappa shape index (κ1) is 13.2. The molecule has 0 aromatic carbocycles. The van der Waals surface area contributed by atoms with Crippen molar-refractivity contribution in [1.82, 2.24) is 15.2 Å². The van der Waals surface area contributed by atoms with Gasteiger partial charge in [-0.05, 0) is 13.0 Å². The van der Waals surface area contributed by atoms with E-state index >= 15 is 0 Å². The Morgan fingerprint density at radius 3 is 2.94 bits per heavy atom. The zero-order chi connectivity index (χ0) is 12.3. The second-order valence-electron chi connectivity index (χ2n) is 4.40. The summed E-state index contributed by atoms with van der Waals surface area (Å²) in [6.45, 7) is 5.29. The van der Waals surface area contributed by atoms with Gasteiger partial charge in [0.1, 0.15) is 5.82 Å². The van der Waals surface area contributed by atoms with Crippen LogP contribution in [0.25, 0.3) is 0 Å². The second kappa shape index (κ2) is 6.11. The number of rotatable bonds is 4. The molecular formula is C11H20N4S2. The monoisotopic (exact) mass is 272 g/mol. The van der Waals surface area contributed by atoms with Crippen LogP contribution in [0.2, 0.25) is 0 Å². The Bertz CT molecular complexity index is 355. The molecule has 2 rings (SSSR count). The van der Waals surface area contributed by atoms with Gasteiger partial charge in [-0.2, -0.15) is 16.9 Å². The lowest BCUT2D eigenvalue weighted by molar-refractivity contribution is 0.784. The van der Waals surface area contributed by atoms with Crippen molar-refractivity contribution < 1.29 is 0 Å². The summed E-state index contributed by atoms with van der Waals surface area (Å²) >= 11 is 4.02. The summed E-state index contributed by atoms with van der Waals surface area (Å²) in [5.74, 6) is 3.06. The van der Waals surface area contributed by atoms with Crippen LogP contribution in [0, 0.1) is 0 Å². The number of aryl methyl sites for hydroxylation is 1. The maximum Gasteiger partial charge on any atom is 0.164 e. The van der Waals surface area contributed by atoms with E-state index in [4.69, 9.17) is 5.73 Å². The van der Waals surface area contributed by atoms with Crippen LogP contribution in [0.15, 0.2) is 0 Å². The molecule has 3 N–H and O–H groups in total. The number of thioether (sulfide) groups is 2. The van der Waals surface area contributed by atoms with Crippen molar-refractivity contribution in [3.8, 4) is 0 Å². The van der Waals surface area contributed by atoms with Gasteiger partial charge in [-0.15, -0.1) is 11.8 Å². The van der Waals surface area contributed by atoms with Crippen molar-refractivity contribution >= 4 is 23.5 Å². The fourth-order valence-electron chi connectivity index (χ4n) is 1.75. The summed E-state index contributed by atoms with van der Waals surface area (Å²) in [6, 6.07) is 0. The molecule has 6 heteroatoms. The molecule has 1 saturated heterocycles. The average molecular weight is 272 g/mol. The number of H-pyrrole nitrogens is 1. The van der Waals surface area contributed by atoms with Crippen molar-refractivity contribution in [2.75, 3.05) is 12.3 Å². The van der Waals surface area contributed by atoms with Crippen molar-refractivity contribution in [3.63, 3.8) is 0 Å². The number of nitrogens with two attached hydrogens (primary N) is 1. The number of hydrogen-bond donors (Lipinski definition) is 2. The molecule has 0 saturated carbocycles. The summed E-state index contributed by atoms with van der Waals surface area (Å²) in [5.41, 5.74) is 5.49. The summed E-state index contributed by atoms with van der Waals surface area (Å²) < 4.78 is 0. The second-order valence-corrected chi connectivity index (χ2v) is 7.40. The number of aromatic nitrogens is 3. The molecule has 3 unspecified atom stereocenters. The first-order valence-electron chi connectivity index (χ1n) is 6.09. The Hall–Kier alpha value is -0.200. The normalized spacial score (nSPS) is 29.5. The highest BCUT2D eigenvalue weighted by molar-refractivity contribution is 8.07. The summed E-state index contributed by atoms with van der Waals surface area (Å²) in [7, 11) is 0. The van der Waals surface area contributed by atoms with Gasteiger partial charge in [-0.1, -0.05) is 13.8 Å². The molecule has 1 aliphatic rings. The molecule has 1 aliphatic heterocycles. The standard InChI is InChI=1S/C11H20N4S2/c1-7-8(2)17-9(6-16-7)11-13-10(14-15-11)4-3-5-12/h7-9H,3-6,12H2,1-2H3,(H,13,14,15). The molecule has 1 aromatic heterocycles. The highest BCUT2D eigenvalue weighted by atomic mass is 32.2. The van der Waals surface area contributed by atoms with E-state index in [2.05, 4.69) is 29.0 Å². The molecule has 17 heavy (non-hydrogen) atoms. The fourth-order valence-corrected chi connectivity index (χ4v) is 4.60. The minimum atomic E-state index is 0.439. The fraction of sp³-hybridized carbons (Fsp3) is 0.818. The number of hydrogen-bond acceptors (Lipinski definition) is 5. The summed E-state index contributed by atoms with van der Waals surface area (Å²) in [4.78, 5) is 4.57. The molecule has 0 bridgehead atoms. The first-order chi connectivity index (χ1) is 8.20. The molecule has 0 amide bonds. The van der Waals surface area contributed by atoms with Gasteiger partial charge in [0.2, 0.25) is 0 Å². The molecule has 1 aromatic rings. The van der Waals surface area contributed by atoms with E-state index < -0.39 is 0 Å². The third-order valence-corrected chi connectivity index (χ3v) is 6.39. The number of nitrogens with one attached hydrogen (secondary N) is 1. The Labute approximate surface area is 111 Å². The summed E-state index contributed by atoms with van der Waals surface area (Å²) in [5, 5.41) is 9.20. The Morgan fingerprint density at radius 1 is 1.41 bits per heavy atom. The molecule has 96 valence electrons. The van der Waals surface area contributed by atoms with Crippen LogP contribution in [0.1, 0.15) is 37.2 Å². The van der Waals surface area contributed by atoms with Crippen LogP contribution in [0.5, 0.6) is 0 Å². The third-order valence-electron chi connectivity index (χ3n) is 3.01. The molecule has 4 nitrogen and oxygen atoms in total. The largest absolute Gasteiger partial charge is 0.330 e. The van der Waals surface area contributed by atoms with Gasteiger partial charge < -0.3 is 5.73 Å². The van der Waals surface area contributed by atoms with Crippen molar-refractivity contribution in [2.45, 2.75) is 42.4 Å². The maximum atomic E-state index is 5.49. The minimum absolute atomic E-state index is 0.439. The molecule has 0 radical (unpaired) electrons. The van der Waals surface area contributed by atoms with Crippen molar-refractivity contribution in [3.05, 3.63) is 11.6 Å². The van der Waals surface area contributed by atoms with E-state index in [0.29, 0.717) is 17.0 Å². The van der Waals surface area contributed by atoms with Crippen molar-refractivity contribution in [2.24, 2.45) is 5.73 Å². The molecule has 0 spiro atoms. The van der Waals surface area contributed by atoms with Gasteiger partial charge in [0, 0.05) is 22.7 Å². The predicted molar refractivity (Wildman–Crippen MR) is 75.5 cm³/mol. The average Bonchev–Trinajstić information content (AvgIpc) is 2.79. The molecule has 3 atom stereocenters. The zero-order valence-corrected chi connectivity index (χ0v) is 12.0. The molecule has 0 aliphatic carbocycles. The van der Waals surface area contributed by atoms with Crippen molar-refractivity contribution in [1.29, 1.82) is 0 Å². The Kier molecular flexibility index (Phi) is 4.76.